The number of primary amides is 1. The monoisotopic (exact) mass is 285 g/mol. The van der Waals surface area contributed by atoms with Crippen LogP contribution in [0.3, 0.4) is 0 Å². The van der Waals surface area contributed by atoms with E-state index in [2.05, 4.69) is 20.1 Å². The number of hydrogen-bond donors (Lipinski definition) is 2. The Bertz CT molecular complexity index is 695. The van der Waals surface area contributed by atoms with E-state index in [1.54, 1.807) is 24.3 Å². The molecule has 0 saturated carbocycles. The van der Waals surface area contributed by atoms with Crippen LogP contribution in [0, 0.1) is 6.57 Å². The van der Waals surface area contributed by atoms with Crippen molar-refractivity contribution >= 4 is 34.9 Å². The molecule has 1 aromatic heterocycles. The van der Waals surface area contributed by atoms with Gasteiger partial charge in [-0.1, -0.05) is 23.9 Å². The number of carbonyl (C=O) groups excluding carboxylic acids is 1. The van der Waals surface area contributed by atoms with E-state index in [9.17, 15) is 4.79 Å². The van der Waals surface area contributed by atoms with Gasteiger partial charge in [-0.3, -0.25) is 4.79 Å². The van der Waals surface area contributed by atoms with Crippen molar-refractivity contribution in [1.29, 1.82) is 0 Å². The number of nitrogens with one attached hydrogen (secondary N) is 1. The van der Waals surface area contributed by atoms with E-state index in [0.717, 1.165) is 0 Å². The quantitative estimate of drug-likeness (QED) is 0.512. The molecule has 3 N–H and O–H groups in total. The van der Waals surface area contributed by atoms with Crippen molar-refractivity contribution in [2.24, 2.45) is 5.73 Å². The predicted octanol–water partition coefficient (Wildman–Crippen LogP) is 2.59. The Kier molecular flexibility index (Phi) is 4.17. The fourth-order valence-corrected chi connectivity index (χ4v) is 1.91. The molecule has 0 saturated heterocycles. The highest BCUT2D eigenvalue weighted by Gasteiger charge is 2.11. The van der Waals surface area contributed by atoms with Crippen molar-refractivity contribution in [3.63, 3.8) is 0 Å². The third kappa shape index (κ3) is 2.87. The van der Waals surface area contributed by atoms with Crippen molar-refractivity contribution in [2.45, 2.75) is 5.16 Å². The minimum absolute atomic E-state index is 0.280. The minimum Gasteiger partial charge on any atom is -0.366 e. The van der Waals surface area contributed by atoms with Gasteiger partial charge in [-0.15, -0.1) is 0 Å². The summed E-state index contributed by atoms with van der Waals surface area (Å²) >= 11 is 1.37. The average Bonchev–Trinajstić information content (AvgIpc) is 2.47. The van der Waals surface area contributed by atoms with Crippen molar-refractivity contribution < 1.29 is 4.79 Å². The zero-order chi connectivity index (χ0) is 14.5. The molecule has 0 bridgehead atoms. The molecule has 0 atom stereocenters. The molecular weight excluding hydrogens is 274 g/mol. The van der Waals surface area contributed by atoms with Gasteiger partial charge in [-0.2, -0.15) is 0 Å². The number of nitrogens with two attached hydrogens (primary N) is 1. The molecule has 0 aliphatic heterocycles. The van der Waals surface area contributed by atoms with Crippen LogP contribution in [0.1, 0.15) is 10.4 Å². The van der Waals surface area contributed by atoms with Crippen LogP contribution in [0.25, 0.3) is 4.85 Å². The van der Waals surface area contributed by atoms with Crippen LogP contribution in [-0.2, 0) is 0 Å². The van der Waals surface area contributed by atoms with Gasteiger partial charge in [-0.25, -0.2) is 14.8 Å². The van der Waals surface area contributed by atoms with Crippen molar-refractivity contribution in [3.05, 3.63) is 47.4 Å². The van der Waals surface area contributed by atoms with Crippen LogP contribution in [0.2, 0.25) is 0 Å². The van der Waals surface area contributed by atoms with Crippen LogP contribution >= 0.6 is 11.8 Å². The zero-order valence-corrected chi connectivity index (χ0v) is 11.4. The van der Waals surface area contributed by atoms with Gasteiger partial charge in [0.25, 0.3) is 5.91 Å². The summed E-state index contributed by atoms with van der Waals surface area (Å²) in [5.41, 5.74) is 6.45. The Morgan fingerprint density at radius 2 is 2.20 bits per heavy atom. The Balaban J connectivity index is 2.44. The first kappa shape index (κ1) is 13.8. The standard InChI is InChI=1S/C13H11N5OS/c1-15-10-7-16-13(20-2)18-12(10)17-9-6-4-3-5-8(9)11(14)19/h3-7H,2H3,(H2,14,19)(H,16,17,18). The average molecular weight is 285 g/mol. The van der Waals surface area contributed by atoms with Crippen LogP contribution in [0.15, 0.2) is 35.6 Å². The summed E-state index contributed by atoms with van der Waals surface area (Å²) in [4.78, 5) is 23.0. The van der Waals surface area contributed by atoms with Gasteiger partial charge in [0.2, 0.25) is 5.69 Å². The molecule has 1 aromatic carbocycles. The van der Waals surface area contributed by atoms with Gasteiger partial charge >= 0.3 is 0 Å². The van der Waals surface area contributed by atoms with Gasteiger partial charge in [0.05, 0.1) is 17.8 Å². The molecule has 0 fully saturated rings. The van der Waals surface area contributed by atoms with Gasteiger partial charge in [0.15, 0.2) is 5.16 Å². The summed E-state index contributed by atoms with van der Waals surface area (Å²) in [5, 5.41) is 3.51. The number of benzene rings is 1. The van der Waals surface area contributed by atoms with E-state index in [-0.39, 0.29) is 5.69 Å². The number of anilines is 2. The van der Waals surface area contributed by atoms with Gasteiger partial charge in [-0.05, 0) is 18.4 Å². The number of aromatic nitrogens is 2. The largest absolute Gasteiger partial charge is 0.366 e. The Labute approximate surface area is 120 Å². The van der Waals surface area contributed by atoms with Crippen molar-refractivity contribution in [1.82, 2.24) is 9.97 Å². The highest BCUT2D eigenvalue weighted by molar-refractivity contribution is 7.98. The highest BCUT2D eigenvalue weighted by atomic mass is 32.2. The van der Waals surface area contributed by atoms with Crippen LogP contribution < -0.4 is 11.1 Å². The van der Waals surface area contributed by atoms with E-state index in [1.807, 2.05) is 6.26 Å². The maximum atomic E-state index is 11.4. The second kappa shape index (κ2) is 6.04. The topological polar surface area (TPSA) is 85.3 Å². The van der Waals surface area contributed by atoms with Crippen molar-refractivity contribution in [3.8, 4) is 0 Å². The van der Waals surface area contributed by atoms with E-state index >= 15 is 0 Å². The number of rotatable bonds is 4. The van der Waals surface area contributed by atoms with E-state index in [1.165, 1.54) is 18.0 Å². The summed E-state index contributed by atoms with van der Waals surface area (Å²) in [6.07, 6.45) is 3.29. The van der Waals surface area contributed by atoms with Gasteiger partial charge < -0.3 is 11.1 Å². The third-order valence-electron chi connectivity index (χ3n) is 2.50. The van der Waals surface area contributed by atoms with Gasteiger partial charge in [0.1, 0.15) is 5.82 Å². The lowest BCUT2D eigenvalue weighted by Gasteiger charge is -2.11. The number of nitrogens with zero attached hydrogens (tertiary/aromatic N) is 3. The Morgan fingerprint density at radius 1 is 1.45 bits per heavy atom. The molecule has 7 heteroatoms. The van der Waals surface area contributed by atoms with E-state index < -0.39 is 5.91 Å². The molecule has 100 valence electrons. The normalized spacial score (nSPS) is 9.80. The van der Waals surface area contributed by atoms with Crippen LogP contribution in [-0.4, -0.2) is 22.1 Å². The van der Waals surface area contributed by atoms with E-state index in [0.29, 0.717) is 22.2 Å². The second-order valence-electron chi connectivity index (χ2n) is 3.74. The lowest BCUT2D eigenvalue weighted by atomic mass is 10.1. The smallest absolute Gasteiger partial charge is 0.250 e. The van der Waals surface area contributed by atoms with Crippen LogP contribution in [0.5, 0.6) is 0 Å². The first-order valence-electron chi connectivity index (χ1n) is 5.60. The predicted molar refractivity (Wildman–Crippen MR) is 78.3 cm³/mol. The summed E-state index contributed by atoms with van der Waals surface area (Å²) in [5.74, 6) is -0.190. The van der Waals surface area contributed by atoms with Gasteiger partial charge in [0, 0.05) is 6.20 Å². The molecule has 1 amide bonds. The number of hydrogen-bond acceptors (Lipinski definition) is 5. The SMILES string of the molecule is [C-]#[N+]c1cnc(SC)nc1Nc1ccccc1C(N)=O. The van der Waals surface area contributed by atoms with Crippen LogP contribution in [0.4, 0.5) is 17.2 Å². The molecule has 2 aromatic rings. The molecule has 0 spiro atoms. The molecular formula is C13H11N5OS. The molecule has 0 aliphatic rings. The molecule has 0 aliphatic carbocycles. The number of amides is 1. The lowest BCUT2D eigenvalue weighted by Crippen LogP contribution is -2.13. The fraction of sp³-hybridized carbons (Fsp3) is 0.0769. The molecule has 0 radical (unpaired) electrons. The Morgan fingerprint density at radius 3 is 2.85 bits per heavy atom. The molecule has 20 heavy (non-hydrogen) atoms. The van der Waals surface area contributed by atoms with E-state index in [4.69, 9.17) is 12.3 Å². The molecule has 2 rings (SSSR count). The molecule has 0 unspecified atom stereocenters. The summed E-state index contributed by atoms with van der Waals surface area (Å²) in [7, 11) is 0. The number of carbonyl (C=O) groups is 1. The third-order valence-corrected chi connectivity index (χ3v) is 3.06. The minimum atomic E-state index is -0.545. The maximum Gasteiger partial charge on any atom is 0.250 e. The fourth-order valence-electron chi connectivity index (χ4n) is 1.57. The summed E-state index contributed by atoms with van der Waals surface area (Å²) in [6.45, 7) is 7.12. The lowest BCUT2D eigenvalue weighted by molar-refractivity contribution is 0.100. The number of para-hydroxylation sites is 1. The van der Waals surface area contributed by atoms with Crippen molar-refractivity contribution in [2.75, 3.05) is 11.6 Å². The Hall–Kier alpha value is -2.59. The molecule has 6 nitrogen and oxygen atoms in total. The maximum absolute atomic E-state index is 11.4. The highest BCUT2D eigenvalue weighted by Crippen LogP contribution is 2.28. The summed E-state index contributed by atoms with van der Waals surface area (Å²) < 4.78 is 0. The summed E-state index contributed by atoms with van der Waals surface area (Å²) in [6, 6.07) is 6.80. The molecule has 1 heterocycles. The second-order valence-corrected chi connectivity index (χ2v) is 4.51. The first-order chi connectivity index (χ1) is 9.65. The number of thioether (sulfide) groups is 1. The first-order valence-corrected chi connectivity index (χ1v) is 6.82. The zero-order valence-electron chi connectivity index (χ0n) is 10.6.